The number of anilines is 2. The normalized spacial score (nSPS) is 11.1. The van der Waals surface area contributed by atoms with E-state index in [1.165, 1.54) is 30.3 Å². The van der Waals surface area contributed by atoms with Gasteiger partial charge in [0.15, 0.2) is 0 Å². The van der Waals surface area contributed by atoms with E-state index in [-0.39, 0.29) is 17.5 Å². The van der Waals surface area contributed by atoms with Crippen molar-refractivity contribution < 1.29 is 30.0 Å². The summed E-state index contributed by atoms with van der Waals surface area (Å²) in [6.45, 7) is -0.409. The zero-order valence-corrected chi connectivity index (χ0v) is 13.3. The van der Waals surface area contributed by atoms with E-state index in [9.17, 15) is 14.7 Å². The summed E-state index contributed by atoms with van der Waals surface area (Å²) in [7, 11) is 0. The smallest absolute Gasteiger partial charge is 0.335 e. The molecule has 0 bridgehead atoms. The van der Waals surface area contributed by atoms with Gasteiger partial charge in [0, 0.05) is 17.8 Å². The quantitative estimate of drug-likeness (QED) is 0.432. The third kappa shape index (κ3) is 6.50. The number of aliphatic hydroxyl groups excluding tert-OH is 2. The van der Waals surface area contributed by atoms with E-state index in [1.807, 2.05) is 0 Å². The molecule has 8 N–H and O–H groups in total. The van der Waals surface area contributed by atoms with Gasteiger partial charge in [-0.3, -0.25) is 0 Å². The summed E-state index contributed by atoms with van der Waals surface area (Å²) in [4.78, 5) is 21.1. The van der Waals surface area contributed by atoms with Crippen molar-refractivity contribution in [1.29, 1.82) is 0 Å². The van der Waals surface area contributed by atoms with Crippen molar-refractivity contribution in [2.45, 2.75) is 12.5 Å². The van der Waals surface area contributed by atoms with Gasteiger partial charge in [0.2, 0.25) is 0 Å². The highest BCUT2D eigenvalue weighted by molar-refractivity contribution is 5.90. The van der Waals surface area contributed by atoms with Crippen LogP contribution in [0.15, 0.2) is 42.5 Å². The molecule has 0 spiro atoms. The Morgan fingerprint density at radius 3 is 1.96 bits per heavy atom. The first-order chi connectivity index (χ1) is 11.7. The van der Waals surface area contributed by atoms with Crippen LogP contribution in [-0.2, 0) is 6.42 Å². The summed E-state index contributed by atoms with van der Waals surface area (Å²) in [6, 6.07) is 10.4. The minimum Gasteiger partial charge on any atom is -0.478 e. The van der Waals surface area contributed by atoms with E-state index in [2.05, 4.69) is 0 Å². The summed E-state index contributed by atoms with van der Waals surface area (Å²) in [5.41, 5.74) is 12.6. The van der Waals surface area contributed by atoms with Crippen LogP contribution in [-0.4, -0.2) is 45.1 Å². The Bertz CT molecular complexity index is 730. The molecule has 25 heavy (non-hydrogen) atoms. The van der Waals surface area contributed by atoms with E-state index >= 15 is 0 Å². The Hall–Kier alpha value is -3.10. The summed E-state index contributed by atoms with van der Waals surface area (Å²) in [5.74, 6) is -2.00. The van der Waals surface area contributed by atoms with Gasteiger partial charge in [-0.1, -0.05) is 0 Å². The maximum absolute atomic E-state index is 10.8. The fraction of sp³-hybridized carbons (Fsp3) is 0.176. The molecule has 0 saturated carbocycles. The number of benzene rings is 2. The van der Waals surface area contributed by atoms with Crippen molar-refractivity contribution >= 4 is 23.3 Å². The molecular formula is C17H20N2O6. The molecule has 0 amide bonds. The van der Waals surface area contributed by atoms with Gasteiger partial charge in [-0.05, 0) is 48.0 Å². The summed E-state index contributed by atoms with van der Waals surface area (Å²) in [5, 5.41) is 35.2. The fourth-order valence-corrected chi connectivity index (χ4v) is 1.94. The lowest BCUT2D eigenvalue weighted by Gasteiger charge is -2.10. The van der Waals surface area contributed by atoms with Gasteiger partial charge in [0.05, 0.1) is 23.8 Å². The van der Waals surface area contributed by atoms with Gasteiger partial charge in [0.1, 0.15) is 0 Å². The molecule has 134 valence electrons. The zero-order chi connectivity index (χ0) is 19.0. The lowest BCUT2D eigenvalue weighted by molar-refractivity contribution is 0.0682. The van der Waals surface area contributed by atoms with Gasteiger partial charge in [-0.25, -0.2) is 9.59 Å². The van der Waals surface area contributed by atoms with Gasteiger partial charge in [-0.2, -0.15) is 0 Å². The molecule has 1 unspecified atom stereocenters. The SMILES string of the molecule is Nc1ccc(C(=O)O)c(CC(O)CO)c1.Nc1ccc(C(=O)O)cc1. The molecule has 2 aromatic carbocycles. The number of hydrogen-bond donors (Lipinski definition) is 6. The first kappa shape index (κ1) is 19.9. The zero-order valence-electron chi connectivity index (χ0n) is 13.3. The molecule has 0 aliphatic rings. The average molecular weight is 348 g/mol. The van der Waals surface area contributed by atoms with E-state index in [4.69, 9.17) is 26.8 Å². The molecule has 0 heterocycles. The van der Waals surface area contributed by atoms with Crippen LogP contribution in [0, 0.1) is 0 Å². The largest absolute Gasteiger partial charge is 0.478 e. The van der Waals surface area contributed by atoms with E-state index in [1.54, 1.807) is 12.1 Å². The fourth-order valence-electron chi connectivity index (χ4n) is 1.94. The van der Waals surface area contributed by atoms with Crippen molar-refractivity contribution in [3.8, 4) is 0 Å². The molecule has 0 radical (unpaired) electrons. The number of aromatic carboxylic acids is 2. The van der Waals surface area contributed by atoms with Gasteiger partial charge >= 0.3 is 11.9 Å². The van der Waals surface area contributed by atoms with Crippen molar-refractivity contribution in [3.63, 3.8) is 0 Å². The predicted molar refractivity (Wildman–Crippen MR) is 92.4 cm³/mol. The minimum absolute atomic E-state index is 0.0726. The molecule has 2 aromatic rings. The number of carbonyl (C=O) groups is 2. The first-order valence-electron chi connectivity index (χ1n) is 7.24. The predicted octanol–water partition coefficient (Wildman–Crippen LogP) is 0.830. The van der Waals surface area contributed by atoms with E-state index in [0.717, 1.165) is 0 Å². The van der Waals surface area contributed by atoms with E-state index in [0.29, 0.717) is 16.9 Å². The molecule has 2 rings (SSSR count). The molecule has 0 aliphatic heterocycles. The van der Waals surface area contributed by atoms with Crippen LogP contribution in [0.3, 0.4) is 0 Å². The number of rotatable bonds is 5. The van der Waals surface area contributed by atoms with Crippen molar-refractivity contribution in [2.24, 2.45) is 0 Å². The van der Waals surface area contributed by atoms with Crippen LogP contribution in [0.4, 0.5) is 11.4 Å². The second-order valence-electron chi connectivity index (χ2n) is 5.19. The molecule has 0 saturated heterocycles. The maximum atomic E-state index is 10.8. The van der Waals surface area contributed by atoms with Crippen LogP contribution >= 0.6 is 0 Å². The monoisotopic (exact) mass is 348 g/mol. The van der Waals surface area contributed by atoms with Gasteiger partial charge in [-0.15, -0.1) is 0 Å². The number of carboxylic acid groups (broad SMARTS) is 2. The number of aliphatic hydroxyl groups is 2. The third-order valence-electron chi connectivity index (χ3n) is 3.18. The molecular weight excluding hydrogens is 328 g/mol. The van der Waals surface area contributed by atoms with Crippen LogP contribution in [0.2, 0.25) is 0 Å². The van der Waals surface area contributed by atoms with Crippen LogP contribution in [0.5, 0.6) is 0 Å². The first-order valence-corrected chi connectivity index (χ1v) is 7.24. The van der Waals surface area contributed by atoms with Gasteiger partial charge < -0.3 is 31.9 Å². The maximum Gasteiger partial charge on any atom is 0.335 e. The third-order valence-corrected chi connectivity index (χ3v) is 3.18. The molecule has 8 heteroatoms. The Morgan fingerprint density at radius 1 is 0.920 bits per heavy atom. The molecule has 0 aromatic heterocycles. The number of hydrogen-bond acceptors (Lipinski definition) is 6. The van der Waals surface area contributed by atoms with Crippen LogP contribution in [0.1, 0.15) is 26.3 Å². The second kappa shape index (κ2) is 9.26. The molecule has 0 aliphatic carbocycles. The van der Waals surface area contributed by atoms with Crippen molar-refractivity contribution in [3.05, 3.63) is 59.2 Å². The topological polar surface area (TPSA) is 167 Å². The highest BCUT2D eigenvalue weighted by Gasteiger charge is 2.13. The highest BCUT2D eigenvalue weighted by atomic mass is 16.4. The second-order valence-corrected chi connectivity index (χ2v) is 5.19. The average Bonchev–Trinajstić information content (AvgIpc) is 2.55. The summed E-state index contributed by atoms with van der Waals surface area (Å²) in [6.07, 6.45) is -0.895. The molecule has 0 fully saturated rings. The van der Waals surface area contributed by atoms with Crippen LogP contribution < -0.4 is 11.5 Å². The minimum atomic E-state index is -1.07. The highest BCUT2D eigenvalue weighted by Crippen LogP contribution is 2.15. The number of nitrogens with two attached hydrogens (primary N) is 2. The standard InChI is InChI=1S/C10H13NO4.C7H7NO2/c11-7-1-2-9(10(14)15)6(3-7)4-8(13)5-12;8-6-3-1-5(2-4-6)7(9)10/h1-3,8,12-13H,4-5,11H2,(H,14,15);1-4H,8H2,(H,9,10). The lowest BCUT2D eigenvalue weighted by Crippen LogP contribution is -2.17. The molecule has 8 nitrogen and oxygen atoms in total. The lowest BCUT2D eigenvalue weighted by atomic mass is 10.0. The van der Waals surface area contributed by atoms with E-state index < -0.39 is 24.6 Å². The summed E-state index contributed by atoms with van der Waals surface area (Å²) >= 11 is 0. The molecule has 1 atom stereocenters. The van der Waals surface area contributed by atoms with Crippen molar-refractivity contribution in [1.82, 2.24) is 0 Å². The Balaban J connectivity index is 0.000000271. The number of carboxylic acids is 2. The summed E-state index contributed by atoms with van der Waals surface area (Å²) < 4.78 is 0. The van der Waals surface area contributed by atoms with Crippen LogP contribution in [0.25, 0.3) is 0 Å². The number of nitrogen functional groups attached to an aromatic ring is 2. The van der Waals surface area contributed by atoms with Gasteiger partial charge in [0.25, 0.3) is 0 Å². The Morgan fingerprint density at radius 2 is 1.48 bits per heavy atom. The van der Waals surface area contributed by atoms with Crippen molar-refractivity contribution in [2.75, 3.05) is 18.1 Å². The Kier molecular flexibility index (Phi) is 7.39. The Labute approximate surface area is 143 Å².